The number of alkyl halides is 3. The molecule has 0 spiro atoms. The number of carboxylic acid groups (broad SMARTS) is 1. The number of thioether (sulfide) groups is 1. The molecule has 1 rings (SSSR count). The Hall–Kier alpha value is -0.450. The van der Waals surface area contributed by atoms with Crippen LogP contribution in [0.1, 0.15) is 21.5 Å². The van der Waals surface area contributed by atoms with Gasteiger partial charge in [-0.15, -0.1) is 11.8 Å². The molecule has 6 heteroatoms. The van der Waals surface area contributed by atoms with Gasteiger partial charge in [-0.25, -0.2) is 9.18 Å². The minimum absolute atomic E-state index is 0.0748. The Morgan fingerprint density at radius 3 is 2.44 bits per heavy atom. The van der Waals surface area contributed by atoms with Crippen LogP contribution >= 0.6 is 35.0 Å². The number of rotatable bonds is 3. The topological polar surface area (TPSA) is 37.3 Å². The Morgan fingerprint density at radius 2 is 2.06 bits per heavy atom. The summed E-state index contributed by atoms with van der Waals surface area (Å²) in [6.45, 7) is 1.60. The summed E-state index contributed by atoms with van der Waals surface area (Å²) in [6.07, 6.45) is 1.71. The van der Waals surface area contributed by atoms with Gasteiger partial charge in [0.05, 0.1) is 5.56 Å². The van der Waals surface area contributed by atoms with Crippen LogP contribution in [0.3, 0.4) is 0 Å². The molecule has 1 aromatic rings. The number of benzene rings is 1. The summed E-state index contributed by atoms with van der Waals surface area (Å²) in [7, 11) is 0. The molecule has 0 saturated carbocycles. The molecule has 16 heavy (non-hydrogen) atoms. The molecule has 0 unspecified atom stereocenters. The van der Waals surface area contributed by atoms with Gasteiger partial charge in [0.15, 0.2) is 0 Å². The van der Waals surface area contributed by atoms with Crippen molar-refractivity contribution in [2.75, 3.05) is 6.26 Å². The summed E-state index contributed by atoms with van der Waals surface area (Å²) in [5.41, 5.74) is 0.650. The van der Waals surface area contributed by atoms with Gasteiger partial charge in [-0.3, -0.25) is 0 Å². The average molecular weight is 283 g/mol. The van der Waals surface area contributed by atoms with Gasteiger partial charge < -0.3 is 5.11 Å². The molecule has 0 amide bonds. The van der Waals surface area contributed by atoms with Crippen LogP contribution in [0.2, 0.25) is 0 Å². The molecule has 0 aliphatic rings. The number of halogens is 3. The molecular formula is C10H9Cl2FO2S. The molecule has 0 heterocycles. The van der Waals surface area contributed by atoms with Gasteiger partial charge in [0.25, 0.3) is 4.59 Å². The van der Waals surface area contributed by atoms with Crippen molar-refractivity contribution >= 4 is 40.9 Å². The molecule has 0 radical (unpaired) electrons. The predicted molar refractivity (Wildman–Crippen MR) is 64.4 cm³/mol. The second kappa shape index (κ2) is 4.82. The van der Waals surface area contributed by atoms with E-state index in [1.807, 2.05) is 0 Å². The van der Waals surface area contributed by atoms with Gasteiger partial charge in [0.1, 0.15) is 0 Å². The quantitative estimate of drug-likeness (QED) is 0.673. The lowest BCUT2D eigenvalue weighted by molar-refractivity contribution is 0.0695. The van der Waals surface area contributed by atoms with Crippen molar-refractivity contribution in [1.29, 1.82) is 0 Å². The van der Waals surface area contributed by atoms with Crippen molar-refractivity contribution in [3.63, 3.8) is 0 Å². The van der Waals surface area contributed by atoms with Gasteiger partial charge in [-0.05, 0) is 24.8 Å². The van der Waals surface area contributed by atoms with Crippen molar-refractivity contribution in [2.24, 2.45) is 0 Å². The van der Waals surface area contributed by atoms with Crippen molar-refractivity contribution in [1.82, 2.24) is 0 Å². The van der Waals surface area contributed by atoms with E-state index in [-0.39, 0.29) is 11.1 Å². The van der Waals surface area contributed by atoms with Gasteiger partial charge >= 0.3 is 5.97 Å². The van der Waals surface area contributed by atoms with Crippen molar-refractivity contribution in [3.05, 3.63) is 28.8 Å². The lowest BCUT2D eigenvalue weighted by Gasteiger charge is -2.17. The van der Waals surface area contributed by atoms with Gasteiger partial charge in [-0.1, -0.05) is 29.3 Å². The molecule has 2 nitrogen and oxygen atoms in total. The van der Waals surface area contributed by atoms with Crippen molar-refractivity contribution in [2.45, 2.75) is 16.4 Å². The highest BCUT2D eigenvalue weighted by atomic mass is 35.5. The fourth-order valence-electron chi connectivity index (χ4n) is 1.41. The number of carbonyl (C=O) groups is 1. The van der Waals surface area contributed by atoms with Crippen LogP contribution in [0, 0.1) is 6.92 Å². The molecular weight excluding hydrogens is 274 g/mol. The molecule has 0 fully saturated rings. The van der Waals surface area contributed by atoms with Crippen LogP contribution in [0.5, 0.6) is 0 Å². The molecule has 0 bridgehead atoms. The Bertz CT molecular complexity index is 430. The second-order valence-corrected chi connectivity index (χ2v) is 5.17. The third-order valence-corrected chi connectivity index (χ3v) is 3.49. The fourth-order valence-corrected chi connectivity index (χ4v) is 2.68. The zero-order chi connectivity index (χ0) is 12.5. The van der Waals surface area contributed by atoms with Crippen LogP contribution < -0.4 is 0 Å². The van der Waals surface area contributed by atoms with E-state index in [2.05, 4.69) is 0 Å². The minimum Gasteiger partial charge on any atom is -0.478 e. The maximum absolute atomic E-state index is 13.5. The van der Waals surface area contributed by atoms with E-state index in [1.165, 1.54) is 23.9 Å². The van der Waals surface area contributed by atoms with Crippen molar-refractivity contribution < 1.29 is 14.3 Å². The van der Waals surface area contributed by atoms with Crippen LogP contribution in [0.25, 0.3) is 0 Å². The molecule has 0 aliphatic heterocycles. The Kier molecular flexibility index (Phi) is 4.10. The summed E-state index contributed by atoms with van der Waals surface area (Å²) in [5, 5.41) is 8.91. The van der Waals surface area contributed by atoms with E-state index in [1.54, 1.807) is 13.2 Å². The Labute approximate surface area is 107 Å². The molecule has 1 N–H and O–H groups in total. The van der Waals surface area contributed by atoms with E-state index < -0.39 is 10.6 Å². The van der Waals surface area contributed by atoms with Crippen LogP contribution in [0.4, 0.5) is 4.39 Å². The lowest BCUT2D eigenvalue weighted by Crippen LogP contribution is -2.08. The summed E-state index contributed by atoms with van der Waals surface area (Å²) >= 11 is 12.0. The summed E-state index contributed by atoms with van der Waals surface area (Å²) in [4.78, 5) is 11.3. The minimum atomic E-state index is -2.51. The summed E-state index contributed by atoms with van der Waals surface area (Å²) in [5.74, 6) is -1.06. The van der Waals surface area contributed by atoms with Gasteiger partial charge in [0.2, 0.25) is 0 Å². The van der Waals surface area contributed by atoms with E-state index in [0.717, 1.165) is 0 Å². The average Bonchev–Trinajstić information content (AvgIpc) is 2.15. The highest BCUT2D eigenvalue weighted by Crippen LogP contribution is 2.42. The predicted octanol–water partition coefficient (Wildman–Crippen LogP) is 3.97. The standard InChI is InChI=1S/C10H9Cl2FO2S/c1-5-6(9(14)15)3-4-7(8(5)16-2)10(11,12)13/h3-4H,1-2H3,(H,14,15). The van der Waals surface area contributed by atoms with E-state index in [4.69, 9.17) is 28.3 Å². The molecule has 1 aromatic carbocycles. The number of aromatic carboxylic acids is 1. The normalized spacial score (nSPS) is 11.6. The maximum atomic E-state index is 13.5. The van der Waals surface area contributed by atoms with E-state index >= 15 is 0 Å². The third kappa shape index (κ3) is 2.62. The maximum Gasteiger partial charge on any atom is 0.335 e. The number of hydrogen-bond acceptors (Lipinski definition) is 2. The first-order valence-electron chi connectivity index (χ1n) is 4.27. The number of hydrogen-bond donors (Lipinski definition) is 1. The molecule has 0 aliphatic carbocycles. The first-order chi connectivity index (χ1) is 7.29. The van der Waals surface area contributed by atoms with Gasteiger partial charge in [-0.2, -0.15) is 0 Å². The zero-order valence-electron chi connectivity index (χ0n) is 8.55. The molecule has 88 valence electrons. The zero-order valence-corrected chi connectivity index (χ0v) is 10.9. The first kappa shape index (κ1) is 13.6. The Balaban J connectivity index is 3.47. The summed E-state index contributed by atoms with van der Waals surface area (Å²) < 4.78 is 10.9. The number of carboxylic acids is 1. The highest BCUT2D eigenvalue weighted by Gasteiger charge is 2.30. The Morgan fingerprint density at radius 1 is 1.50 bits per heavy atom. The highest BCUT2D eigenvalue weighted by molar-refractivity contribution is 7.98. The molecule has 0 aromatic heterocycles. The molecule has 0 saturated heterocycles. The molecule has 0 atom stereocenters. The van der Waals surface area contributed by atoms with Crippen LogP contribution in [0.15, 0.2) is 17.0 Å². The summed E-state index contributed by atoms with van der Waals surface area (Å²) in [6, 6.07) is 2.59. The lowest BCUT2D eigenvalue weighted by atomic mass is 10.1. The second-order valence-electron chi connectivity index (χ2n) is 3.12. The van der Waals surface area contributed by atoms with Crippen molar-refractivity contribution in [3.8, 4) is 0 Å². The largest absolute Gasteiger partial charge is 0.478 e. The fraction of sp³-hybridized carbons (Fsp3) is 0.300. The monoisotopic (exact) mass is 282 g/mol. The first-order valence-corrected chi connectivity index (χ1v) is 6.25. The third-order valence-electron chi connectivity index (χ3n) is 2.15. The van der Waals surface area contributed by atoms with Gasteiger partial charge in [0, 0.05) is 10.5 Å². The SMILES string of the molecule is CSc1c(C(F)(Cl)Cl)ccc(C(=O)O)c1C. The van der Waals surface area contributed by atoms with E-state index in [9.17, 15) is 9.18 Å². The van der Waals surface area contributed by atoms with E-state index in [0.29, 0.717) is 10.5 Å². The van der Waals surface area contributed by atoms with Crippen LogP contribution in [-0.4, -0.2) is 17.3 Å². The smallest absolute Gasteiger partial charge is 0.335 e. The van der Waals surface area contributed by atoms with Crippen LogP contribution in [-0.2, 0) is 4.59 Å².